The number of hydrogen-bond acceptors (Lipinski definition) is 0. The van der Waals surface area contributed by atoms with Crippen molar-refractivity contribution in [2.45, 2.75) is 37.0 Å². The normalized spacial score (nSPS) is 15.4. The topological polar surface area (TPSA) is 0 Å². The zero-order chi connectivity index (χ0) is 13.4. The van der Waals surface area contributed by atoms with Gasteiger partial charge >= 0.3 is 18.5 Å². The van der Waals surface area contributed by atoms with Gasteiger partial charge in [-0.05, 0) is 0 Å². The van der Waals surface area contributed by atoms with E-state index in [9.17, 15) is 43.9 Å². The van der Waals surface area contributed by atoms with Gasteiger partial charge in [0.2, 0.25) is 0 Å². The third-order valence-electron chi connectivity index (χ3n) is 1.65. The second-order valence-corrected chi connectivity index (χ2v) is 2.91. The molecule has 0 heterocycles. The third kappa shape index (κ3) is 3.41. The highest BCUT2D eigenvalue weighted by atomic mass is 19.4. The lowest BCUT2D eigenvalue weighted by Crippen LogP contribution is -2.53. The van der Waals surface area contributed by atoms with Gasteiger partial charge in [0.1, 0.15) is 0 Å². The minimum atomic E-state index is -6.43. The molecule has 0 saturated heterocycles. The van der Waals surface area contributed by atoms with Crippen molar-refractivity contribution in [1.29, 1.82) is 0 Å². The summed E-state index contributed by atoms with van der Waals surface area (Å²) < 4.78 is 117. The van der Waals surface area contributed by atoms with Crippen LogP contribution in [0.1, 0.15) is 12.8 Å². The lowest BCUT2D eigenvalue weighted by Gasteiger charge is -2.30. The summed E-state index contributed by atoms with van der Waals surface area (Å²) in [6.07, 6.45) is -23.4. The van der Waals surface area contributed by atoms with E-state index in [0.717, 1.165) is 0 Å². The number of alkyl halides is 10. The average molecular weight is 266 g/mol. The van der Waals surface area contributed by atoms with Gasteiger partial charge in [-0.15, -0.1) is 0 Å². The fourth-order valence-corrected chi connectivity index (χ4v) is 0.758. The van der Waals surface area contributed by atoms with Gasteiger partial charge in [0.05, 0.1) is 0 Å². The average Bonchev–Trinajstić information content (AvgIpc) is 1.93. The Bertz CT molecular complexity index is 215. The fraction of sp³-hybridized carbons (Fsp3) is 1.00. The van der Waals surface area contributed by atoms with Crippen LogP contribution in [0.25, 0.3) is 0 Å². The summed E-state index contributed by atoms with van der Waals surface area (Å²) in [4.78, 5) is 0. The van der Waals surface area contributed by atoms with E-state index in [1.165, 1.54) is 0 Å². The highest BCUT2D eigenvalue weighted by Crippen LogP contribution is 2.49. The molecule has 0 aliphatic rings. The summed E-state index contributed by atoms with van der Waals surface area (Å²) in [5, 5.41) is 0. The van der Waals surface area contributed by atoms with Crippen molar-refractivity contribution in [1.82, 2.24) is 0 Å². The standard InChI is InChI=1S/C6H4F10/c7-3(5(11,12)13,6(14,15)16)1-2-4(8,9)10/h1-2H2. The van der Waals surface area contributed by atoms with Crippen LogP contribution in [0.2, 0.25) is 0 Å². The second kappa shape index (κ2) is 3.95. The van der Waals surface area contributed by atoms with Gasteiger partial charge in [-0.1, -0.05) is 0 Å². The molecule has 0 aromatic carbocycles. The predicted octanol–water partition coefficient (Wildman–Crippen LogP) is 4.16. The molecule has 0 aliphatic heterocycles. The van der Waals surface area contributed by atoms with E-state index in [0.29, 0.717) is 0 Å². The summed E-state index contributed by atoms with van der Waals surface area (Å²) in [5.41, 5.74) is -5.84. The molecule has 0 fully saturated rings. The Balaban J connectivity index is 5.00. The van der Waals surface area contributed by atoms with Crippen molar-refractivity contribution in [3.8, 4) is 0 Å². The first kappa shape index (κ1) is 15.3. The molecular formula is C6H4F10. The van der Waals surface area contributed by atoms with Crippen molar-refractivity contribution >= 4 is 0 Å². The van der Waals surface area contributed by atoms with Crippen LogP contribution in [0.5, 0.6) is 0 Å². The van der Waals surface area contributed by atoms with Gasteiger partial charge in [0, 0.05) is 12.8 Å². The van der Waals surface area contributed by atoms with Crippen molar-refractivity contribution in [2.24, 2.45) is 0 Å². The minimum Gasteiger partial charge on any atom is -0.224 e. The maximum absolute atomic E-state index is 12.6. The summed E-state index contributed by atoms with van der Waals surface area (Å²) in [7, 11) is 0. The van der Waals surface area contributed by atoms with E-state index < -0.39 is 37.0 Å². The molecule has 0 bridgehead atoms. The number of halogens is 10. The molecule has 0 atom stereocenters. The van der Waals surface area contributed by atoms with Gasteiger partial charge in [-0.2, -0.15) is 39.5 Å². The van der Waals surface area contributed by atoms with E-state index in [4.69, 9.17) is 0 Å². The molecule has 0 unspecified atom stereocenters. The Morgan fingerprint density at radius 3 is 1.00 bits per heavy atom. The van der Waals surface area contributed by atoms with Crippen molar-refractivity contribution < 1.29 is 43.9 Å². The Labute approximate surface area is 82.2 Å². The first-order chi connectivity index (χ1) is 6.71. The largest absolute Gasteiger partial charge is 0.431 e. The van der Waals surface area contributed by atoms with Crippen LogP contribution in [0.3, 0.4) is 0 Å². The SMILES string of the molecule is FC(F)(F)CCC(F)(C(F)(F)F)C(F)(F)F. The third-order valence-corrected chi connectivity index (χ3v) is 1.65. The predicted molar refractivity (Wildman–Crippen MR) is 31.2 cm³/mol. The Morgan fingerprint density at radius 1 is 0.500 bits per heavy atom. The molecule has 0 aromatic heterocycles. The summed E-state index contributed by atoms with van der Waals surface area (Å²) in [5.74, 6) is 0. The number of hydrogen-bond donors (Lipinski definition) is 0. The second-order valence-electron chi connectivity index (χ2n) is 2.91. The molecule has 0 aliphatic carbocycles. The Kier molecular flexibility index (Phi) is 3.78. The van der Waals surface area contributed by atoms with Crippen molar-refractivity contribution in [3.05, 3.63) is 0 Å². The van der Waals surface area contributed by atoms with Gasteiger partial charge in [0.25, 0.3) is 5.67 Å². The fourth-order valence-electron chi connectivity index (χ4n) is 0.758. The van der Waals surface area contributed by atoms with Crippen LogP contribution in [0.15, 0.2) is 0 Å². The van der Waals surface area contributed by atoms with E-state index in [1.54, 1.807) is 0 Å². The van der Waals surface area contributed by atoms with Gasteiger partial charge in [-0.3, -0.25) is 0 Å². The Morgan fingerprint density at radius 2 is 0.812 bits per heavy atom. The van der Waals surface area contributed by atoms with Crippen molar-refractivity contribution in [3.63, 3.8) is 0 Å². The smallest absolute Gasteiger partial charge is 0.224 e. The van der Waals surface area contributed by atoms with Crippen molar-refractivity contribution in [2.75, 3.05) is 0 Å². The molecule has 0 saturated carbocycles. The van der Waals surface area contributed by atoms with Gasteiger partial charge in [-0.25, -0.2) is 4.39 Å². The quantitative estimate of drug-likeness (QED) is 0.658. The molecule has 0 spiro atoms. The van der Waals surface area contributed by atoms with Crippen LogP contribution in [0.4, 0.5) is 43.9 Å². The molecule has 0 radical (unpaired) electrons. The van der Waals surface area contributed by atoms with Crippen LogP contribution in [0, 0.1) is 0 Å². The van der Waals surface area contributed by atoms with Crippen LogP contribution >= 0.6 is 0 Å². The van der Waals surface area contributed by atoms with E-state index in [1.807, 2.05) is 0 Å². The summed E-state index contributed by atoms with van der Waals surface area (Å²) >= 11 is 0. The van der Waals surface area contributed by atoms with Gasteiger partial charge in [0.15, 0.2) is 0 Å². The maximum Gasteiger partial charge on any atom is 0.431 e. The van der Waals surface area contributed by atoms with Crippen LogP contribution in [-0.2, 0) is 0 Å². The molecule has 0 amide bonds. The maximum atomic E-state index is 12.6. The molecular weight excluding hydrogens is 262 g/mol. The first-order valence-electron chi connectivity index (χ1n) is 3.60. The molecule has 0 aromatic rings. The lowest BCUT2D eigenvalue weighted by molar-refractivity contribution is -0.346. The molecule has 10 heteroatoms. The van der Waals surface area contributed by atoms with Crippen LogP contribution in [-0.4, -0.2) is 24.2 Å². The zero-order valence-corrected chi connectivity index (χ0v) is 7.19. The molecule has 0 nitrogen and oxygen atoms in total. The van der Waals surface area contributed by atoms with E-state index in [2.05, 4.69) is 0 Å². The molecule has 16 heavy (non-hydrogen) atoms. The van der Waals surface area contributed by atoms with E-state index >= 15 is 0 Å². The summed E-state index contributed by atoms with van der Waals surface area (Å²) in [6, 6.07) is 0. The molecule has 98 valence electrons. The van der Waals surface area contributed by atoms with E-state index in [-0.39, 0.29) is 0 Å². The minimum absolute atomic E-state index is 2.51. The highest BCUT2D eigenvalue weighted by Gasteiger charge is 2.72. The lowest BCUT2D eigenvalue weighted by atomic mass is 9.98. The first-order valence-corrected chi connectivity index (χ1v) is 3.60. The van der Waals surface area contributed by atoms with Gasteiger partial charge < -0.3 is 0 Å². The monoisotopic (exact) mass is 266 g/mol. The molecule has 0 rings (SSSR count). The highest BCUT2D eigenvalue weighted by molar-refractivity contribution is 4.94. The zero-order valence-electron chi connectivity index (χ0n) is 7.19. The summed E-state index contributed by atoms with van der Waals surface area (Å²) in [6.45, 7) is 0. The number of rotatable bonds is 2. The Hall–Kier alpha value is -0.700. The van der Waals surface area contributed by atoms with Crippen LogP contribution < -0.4 is 0 Å². The molecule has 0 N–H and O–H groups in total.